The summed E-state index contributed by atoms with van der Waals surface area (Å²) in [5.41, 5.74) is 4.62. The maximum Gasteiger partial charge on any atom is 0.251 e. The van der Waals surface area contributed by atoms with E-state index in [1.54, 1.807) is 6.07 Å². The van der Waals surface area contributed by atoms with Gasteiger partial charge in [-0.2, -0.15) is 0 Å². The molecule has 1 heterocycles. The van der Waals surface area contributed by atoms with Gasteiger partial charge in [0, 0.05) is 28.0 Å². The fourth-order valence-corrected chi connectivity index (χ4v) is 4.34. The monoisotopic (exact) mass is 525 g/mol. The molecule has 33 heavy (non-hydrogen) atoms. The third-order valence-corrected chi connectivity index (χ3v) is 6.54. The average molecular weight is 527 g/mol. The molecule has 0 atom stereocenters. The second-order valence-corrected chi connectivity index (χ2v) is 9.20. The van der Waals surface area contributed by atoms with E-state index in [0.29, 0.717) is 31.7 Å². The molecule has 0 radical (unpaired) electrons. The number of aromatic nitrogens is 2. The predicted molar refractivity (Wildman–Crippen MR) is 136 cm³/mol. The number of halogens is 2. The normalized spacial score (nSPS) is 11.0. The predicted octanol–water partition coefficient (Wildman–Crippen LogP) is 6.12. The smallest absolute Gasteiger partial charge is 0.251 e. The van der Waals surface area contributed by atoms with Crippen LogP contribution in [0.25, 0.3) is 11.0 Å². The van der Waals surface area contributed by atoms with Crippen LogP contribution >= 0.6 is 27.5 Å². The lowest BCUT2D eigenvalue weighted by molar-refractivity contribution is 0.0954. The second kappa shape index (κ2) is 10.4. The number of nitrogens with one attached hydrogen (secondary N) is 1. The molecule has 3 aromatic carbocycles. The first-order valence-corrected chi connectivity index (χ1v) is 12.0. The first kappa shape index (κ1) is 23.3. The Balaban J connectivity index is 1.44. The molecule has 0 bridgehead atoms. The fraction of sp³-hybridized carbons (Fsp3) is 0.231. The number of hydrogen-bond acceptors (Lipinski definition) is 3. The number of rotatable bonds is 8. The van der Waals surface area contributed by atoms with Gasteiger partial charge < -0.3 is 14.6 Å². The molecule has 170 valence electrons. The van der Waals surface area contributed by atoms with Gasteiger partial charge in [0.15, 0.2) is 0 Å². The number of amides is 1. The zero-order chi connectivity index (χ0) is 23.4. The molecule has 5 nitrogen and oxygen atoms in total. The van der Waals surface area contributed by atoms with Gasteiger partial charge in [-0.15, -0.1) is 0 Å². The Kier molecular flexibility index (Phi) is 7.36. The van der Waals surface area contributed by atoms with Crippen molar-refractivity contribution in [2.24, 2.45) is 0 Å². The van der Waals surface area contributed by atoms with E-state index >= 15 is 0 Å². The van der Waals surface area contributed by atoms with Crippen LogP contribution in [0.3, 0.4) is 0 Å². The standard InChI is InChI=1S/C26H25BrClN3O2/c1-17-14-21(15-18(2)25(17)28)33-13-12-31-23-9-4-3-8-22(23)30-24(31)10-11-29-26(32)19-6-5-7-20(27)16-19/h3-9,14-16H,10-13H2,1-2H3,(H,29,32). The zero-order valence-corrected chi connectivity index (χ0v) is 20.9. The molecular weight excluding hydrogens is 502 g/mol. The number of benzene rings is 3. The van der Waals surface area contributed by atoms with Crippen LogP contribution in [0.2, 0.25) is 5.02 Å². The minimum atomic E-state index is -0.101. The number of nitrogens with zero attached hydrogens (tertiary/aromatic N) is 2. The number of aryl methyl sites for hydroxylation is 2. The molecule has 0 saturated heterocycles. The summed E-state index contributed by atoms with van der Waals surface area (Å²) in [6.07, 6.45) is 0.619. The van der Waals surface area contributed by atoms with Gasteiger partial charge in [0.2, 0.25) is 0 Å². The number of imidazole rings is 1. The average Bonchev–Trinajstić information content (AvgIpc) is 3.15. The number of para-hydroxylation sites is 2. The first-order chi connectivity index (χ1) is 15.9. The van der Waals surface area contributed by atoms with Gasteiger partial charge in [-0.05, 0) is 67.4 Å². The lowest BCUT2D eigenvalue weighted by Gasteiger charge is -2.13. The van der Waals surface area contributed by atoms with Crippen LogP contribution < -0.4 is 10.1 Å². The minimum absolute atomic E-state index is 0.101. The summed E-state index contributed by atoms with van der Waals surface area (Å²) in [6.45, 7) is 5.59. The van der Waals surface area contributed by atoms with Gasteiger partial charge in [-0.3, -0.25) is 4.79 Å². The Morgan fingerprint density at radius 3 is 2.61 bits per heavy atom. The quantitative estimate of drug-likeness (QED) is 0.301. The maximum atomic E-state index is 12.5. The molecule has 7 heteroatoms. The molecule has 1 amide bonds. The summed E-state index contributed by atoms with van der Waals surface area (Å²) in [5, 5.41) is 3.76. The molecule has 1 aromatic heterocycles. The van der Waals surface area contributed by atoms with E-state index < -0.39 is 0 Å². The summed E-state index contributed by atoms with van der Waals surface area (Å²) in [4.78, 5) is 17.3. The summed E-state index contributed by atoms with van der Waals surface area (Å²) >= 11 is 9.67. The van der Waals surface area contributed by atoms with Crippen LogP contribution in [0, 0.1) is 13.8 Å². The van der Waals surface area contributed by atoms with E-state index in [2.05, 4.69) is 31.9 Å². The molecule has 0 saturated carbocycles. The first-order valence-electron chi connectivity index (χ1n) is 10.8. The molecule has 0 aliphatic heterocycles. The van der Waals surface area contributed by atoms with E-state index in [4.69, 9.17) is 21.3 Å². The number of fused-ring (bicyclic) bond motifs is 1. The molecule has 4 aromatic rings. The Bertz CT molecular complexity index is 1280. The van der Waals surface area contributed by atoms with Crippen molar-refractivity contribution in [3.8, 4) is 5.75 Å². The number of ether oxygens (including phenoxy) is 1. The van der Waals surface area contributed by atoms with E-state index in [9.17, 15) is 4.79 Å². The van der Waals surface area contributed by atoms with Crippen LogP contribution in [0.1, 0.15) is 27.3 Å². The van der Waals surface area contributed by atoms with Crippen molar-refractivity contribution in [3.63, 3.8) is 0 Å². The van der Waals surface area contributed by atoms with Crippen molar-refractivity contribution in [2.75, 3.05) is 13.2 Å². The minimum Gasteiger partial charge on any atom is -0.492 e. The van der Waals surface area contributed by atoms with E-state index in [0.717, 1.165) is 43.2 Å². The van der Waals surface area contributed by atoms with Crippen molar-refractivity contribution in [2.45, 2.75) is 26.8 Å². The Morgan fingerprint density at radius 2 is 1.85 bits per heavy atom. The van der Waals surface area contributed by atoms with Gasteiger partial charge in [-0.1, -0.05) is 45.7 Å². The van der Waals surface area contributed by atoms with E-state index in [1.165, 1.54) is 0 Å². The zero-order valence-electron chi connectivity index (χ0n) is 18.6. The Morgan fingerprint density at radius 1 is 1.09 bits per heavy atom. The maximum absolute atomic E-state index is 12.5. The summed E-state index contributed by atoms with van der Waals surface area (Å²) < 4.78 is 9.07. The molecule has 0 fully saturated rings. The van der Waals surface area contributed by atoms with Crippen LogP contribution in [-0.4, -0.2) is 28.6 Å². The van der Waals surface area contributed by atoms with Crippen molar-refractivity contribution < 1.29 is 9.53 Å². The third-order valence-electron chi connectivity index (χ3n) is 5.45. The van der Waals surface area contributed by atoms with Crippen molar-refractivity contribution in [1.82, 2.24) is 14.9 Å². The number of carbonyl (C=O) groups excluding carboxylic acids is 1. The van der Waals surface area contributed by atoms with Gasteiger partial charge in [-0.25, -0.2) is 4.98 Å². The van der Waals surface area contributed by atoms with Crippen LogP contribution in [0.15, 0.2) is 65.1 Å². The molecule has 0 aliphatic rings. The molecular formula is C26H25BrClN3O2. The largest absolute Gasteiger partial charge is 0.492 e. The highest BCUT2D eigenvalue weighted by molar-refractivity contribution is 9.10. The molecule has 0 unspecified atom stereocenters. The van der Waals surface area contributed by atoms with Crippen molar-refractivity contribution >= 4 is 44.5 Å². The van der Waals surface area contributed by atoms with Crippen LogP contribution in [-0.2, 0) is 13.0 Å². The topological polar surface area (TPSA) is 56.1 Å². The fourth-order valence-electron chi connectivity index (χ4n) is 3.83. The number of hydrogen-bond donors (Lipinski definition) is 1. The Labute approximate surface area is 206 Å². The van der Waals surface area contributed by atoms with Gasteiger partial charge in [0.1, 0.15) is 18.2 Å². The second-order valence-electron chi connectivity index (χ2n) is 7.90. The van der Waals surface area contributed by atoms with Gasteiger partial charge in [0.05, 0.1) is 17.6 Å². The van der Waals surface area contributed by atoms with Gasteiger partial charge in [0.25, 0.3) is 5.91 Å². The van der Waals surface area contributed by atoms with Gasteiger partial charge >= 0.3 is 0 Å². The summed E-state index contributed by atoms with van der Waals surface area (Å²) in [6, 6.07) is 19.3. The Hall–Kier alpha value is -2.83. The van der Waals surface area contributed by atoms with Crippen LogP contribution in [0.4, 0.5) is 0 Å². The molecule has 0 aliphatic carbocycles. The SMILES string of the molecule is Cc1cc(OCCn2c(CCNC(=O)c3cccc(Br)c3)nc3ccccc32)cc(C)c1Cl. The number of carbonyl (C=O) groups is 1. The van der Waals surface area contributed by atoms with Crippen molar-refractivity contribution in [3.05, 3.63) is 92.7 Å². The molecule has 1 N–H and O–H groups in total. The van der Waals surface area contributed by atoms with E-state index in [1.807, 2.05) is 62.4 Å². The highest BCUT2D eigenvalue weighted by Gasteiger charge is 2.12. The van der Waals surface area contributed by atoms with E-state index in [-0.39, 0.29) is 5.91 Å². The lowest BCUT2D eigenvalue weighted by Crippen LogP contribution is -2.26. The summed E-state index contributed by atoms with van der Waals surface area (Å²) in [7, 11) is 0. The summed E-state index contributed by atoms with van der Waals surface area (Å²) in [5.74, 6) is 1.62. The molecule has 4 rings (SSSR count). The molecule has 0 spiro atoms. The van der Waals surface area contributed by atoms with Crippen LogP contribution in [0.5, 0.6) is 5.75 Å². The third kappa shape index (κ3) is 5.57. The van der Waals surface area contributed by atoms with Crippen molar-refractivity contribution in [1.29, 1.82) is 0 Å². The highest BCUT2D eigenvalue weighted by Crippen LogP contribution is 2.26. The highest BCUT2D eigenvalue weighted by atomic mass is 79.9. The lowest BCUT2D eigenvalue weighted by atomic mass is 10.1.